The number of phenolic OH excluding ortho intramolecular Hbond substituents is 1. The van der Waals surface area contributed by atoms with Gasteiger partial charge in [-0.1, -0.05) is 42.5 Å². The maximum atomic E-state index is 11.7. The molecule has 0 spiro atoms. The standard InChI is InChI=1S/C16H15NO5/c1-11(12-7-3-2-4-8-12)21-16(20)17-22-15(19)13-9-5-6-10-14(13)18/h2-11,18H,1H3,(H,17,20)/t11-/m0/s1. The van der Waals surface area contributed by atoms with Gasteiger partial charge in [-0.05, 0) is 24.6 Å². The third-order valence-corrected chi connectivity index (χ3v) is 2.90. The fourth-order valence-electron chi connectivity index (χ4n) is 1.77. The lowest BCUT2D eigenvalue weighted by atomic mass is 10.1. The molecule has 2 aromatic rings. The molecule has 0 saturated carbocycles. The molecule has 1 amide bonds. The van der Waals surface area contributed by atoms with E-state index in [1.807, 2.05) is 35.8 Å². The first-order valence-corrected chi connectivity index (χ1v) is 6.58. The summed E-state index contributed by atoms with van der Waals surface area (Å²) >= 11 is 0. The number of nitrogens with one attached hydrogen (secondary N) is 1. The zero-order valence-corrected chi connectivity index (χ0v) is 11.9. The number of phenols is 1. The Bertz CT molecular complexity index is 657. The lowest BCUT2D eigenvalue weighted by Gasteiger charge is -2.13. The SMILES string of the molecule is C[C@H](OC(=O)NOC(=O)c1ccccc1O)c1ccccc1. The number of carbonyl (C=O) groups is 2. The minimum atomic E-state index is -0.903. The number of para-hydroxylation sites is 1. The van der Waals surface area contributed by atoms with Gasteiger partial charge in [-0.3, -0.25) is 0 Å². The van der Waals surface area contributed by atoms with Gasteiger partial charge in [0.1, 0.15) is 17.4 Å². The lowest BCUT2D eigenvalue weighted by Crippen LogP contribution is -2.28. The second-order valence-electron chi connectivity index (χ2n) is 4.47. The van der Waals surface area contributed by atoms with Gasteiger partial charge in [-0.2, -0.15) is 0 Å². The van der Waals surface area contributed by atoms with Crippen LogP contribution in [0.25, 0.3) is 0 Å². The van der Waals surface area contributed by atoms with Crippen molar-refractivity contribution < 1.29 is 24.3 Å². The van der Waals surface area contributed by atoms with Crippen molar-refractivity contribution in [1.29, 1.82) is 0 Å². The third kappa shape index (κ3) is 3.99. The van der Waals surface area contributed by atoms with E-state index in [9.17, 15) is 14.7 Å². The van der Waals surface area contributed by atoms with E-state index in [4.69, 9.17) is 4.74 Å². The number of ether oxygens (including phenoxy) is 1. The summed E-state index contributed by atoms with van der Waals surface area (Å²) in [7, 11) is 0. The first-order valence-electron chi connectivity index (χ1n) is 6.58. The highest BCUT2D eigenvalue weighted by molar-refractivity contribution is 5.92. The molecular weight excluding hydrogens is 286 g/mol. The van der Waals surface area contributed by atoms with Gasteiger partial charge in [0.2, 0.25) is 0 Å². The fraction of sp³-hybridized carbons (Fsp3) is 0.125. The number of benzene rings is 2. The highest BCUT2D eigenvalue weighted by Gasteiger charge is 2.16. The molecule has 6 nitrogen and oxygen atoms in total. The Morgan fingerprint density at radius 3 is 2.36 bits per heavy atom. The van der Waals surface area contributed by atoms with Crippen molar-refractivity contribution in [2.45, 2.75) is 13.0 Å². The predicted molar refractivity (Wildman–Crippen MR) is 78.0 cm³/mol. The molecule has 0 aliphatic rings. The highest BCUT2D eigenvalue weighted by Crippen LogP contribution is 2.17. The summed E-state index contributed by atoms with van der Waals surface area (Å²) < 4.78 is 5.06. The molecule has 0 bridgehead atoms. The number of aromatic hydroxyl groups is 1. The number of carbonyl (C=O) groups excluding carboxylic acids is 2. The quantitative estimate of drug-likeness (QED) is 0.851. The number of rotatable bonds is 3. The molecular formula is C16H15NO5. The average Bonchev–Trinajstić information content (AvgIpc) is 2.54. The average molecular weight is 301 g/mol. The van der Waals surface area contributed by atoms with Crippen molar-refractivity contribution in [2.24, 2.45) is 0 Å². The minimum absolute atomic E-state index is 0.0566. The zero-order chi connectivity index (χ0) is 15.9. The van der Waals surface area contributed by atoms with Gasteiger partial charge in [-0.15, -0.1) is 5.48 Å². The first kappa shape index (κ1) is 15.4. The Kier molecular flexibility index (Phi) is 4.98. The molecule has 2 rings (SSSR count). The first-order chi connectivity index (χ1) is 10.6. The molecule has 0 heterocycles. The van der Waals surface area contributed by atoms with E-state index in [-0.39, 0.29) is 11.3 Å². The van der Waals surface area contributed by atoms with Crippen molar-refractivity contribution in [3.63, 3.8) is 0 Å². The second-order valence-corrected chi connectivity index (χ2v) is 4.47. The number of hydroxylamine groups is 1. The van der Waals surface area contributed by atoms with Crippen LogP contribution in [0.2, 0.25) is 0 Å². The van der Waals surface area contributed by atoms with Gasteiger partial charge in [0, 0.05) is 0 Å². The monoisotopic (exact) mass is 301 g/mol. The lowest BCUT2D eigenvalue weighted by molar-refractivity contribution is 0.0139. The van der Waals surface area contributed by atoms with E-state index in [0.717, 1.165) is 5.56 Å². The fourth-order valence-corrected chi connectivity index (χ4v) is 1.77. The van der Waals surface area contributed by atoms with Gasteiger partial charge in [0.25, 0.3) is 0 Å². The van der Waals surface area contributed by atoms with Crippen molar-refractivity contribution in [1.82, 2.24) is 5.48 Å². The van der Waals surface area contributed by atoms with Crippen LogP contribution in [0.4, 0.5) is 4.79 Å². The third-order valence-electron chi connectivity index (χ3n) is 2.90. The van der Waals surface area contributed by atoms with E-state index in [2.05, 4.69) is 4.84 Å². The summed E-state index contributed by atoms with van der Waals surface area (Å²) in [6, 6.07) is 15.0. The molecule has 0 radical (unpaired) electrons. The number of hydrogen-bond acceptors (Lipinski definition) is 5. The predicted octanol–water partition coefficient (Wildman–Crippen LogP) is 2.95. The van der Waals surface area contributed by atoms with Gasteiger partial charge in [0.15, 0.2) is 0 Å². The van der Waals surface area contributed by atoms with Crippen LogP contribution in [0.5, 0.6) is 5.75 Å². The van der Waals surface area contributed by atoms with Gasteiger partial charge in [0.05, 0.1) is 0 Å². The van der Waals surface area contributed by atoms with E-state index in [0.29, 0.717) is 0 Å². The van der Waals surface area contributed by atoms with E-state index < -0.39 is 18.2 Å². The Hall–Kier alpha value is -3.02. The van der Waals surface area contributed by atoms with Crippen LogP contribution in [0.3, 0.4) is 0 Å². The van der Waals surface area contributed by atoms with Crippen LogP contribution in [0.15, 0.2) is 54.6 Å². The summed E-state index contributed by atoms with van der Waals surface area (Å²) in [5.74, 6) is -1.12. The summed E-state index contributed by atoms with van der Waals surface area (Å²) in [5, 5.41) is 9.50. The molecule has 0 saturated heterocycles. The second kappa shape index (κ2) is 7.12. The Balaban J connectivity index is 1.85. The van der Waals surface area contributed by atoms with Crippen LogP contribution in [-0.4, -0.2) is 17.2 Å². The maximum absolute atomic E-state index is 11.7. The summed E-state index contributed by atoms with van der Waals surface area (Å²) in [4.78, 5) is 27.8. The largest absolute Gasteiger partial charge is 0.507 e. The minimum Gasteiger partial charge on any atom is -0.507 e. The van der Waals surface area contributed by atoms with E-state index >= 15 is 0 Å². The topological polar surface area (TPSA) is 84.9 Å². The Labute approximate surface area is 127 Å². The smallest absolute Gasteiger partial charge is 0.441 e. The summed E-state index contributed by atoms with van der Waals surface area (Å²) in [5.41, 5.74) is 2.64. The molecule has 22 heavy (non-hydrogen) atoms. The van der Waals surface area contributed by atoms with Gasteiger partial charge >= 0.3 is 12.1 Å². The number of hydrogen-bond donors (Lipinski definition) is 2. The van der Waals surface area contributed by atoms with Crippen molar-refractivity contribution in [3.05, 3.63) is 65.7 Å². The molecule has 0 aromatic heterocycles. The highest BCUT2D eigenvalue weighted by atomic mass is 16.7. The maximum Gasteiger partial charge on any atom is 0.441 e. The zero-order valence-electron chi connectivity index (χ0n) is 11.9. The molecule has 2 aromatic carbocycles. The molecule has 1 atom stereocenters. The molecule has 0 aliphatic heterocycles. The van der Waals surface area contributed by atoms with E-state index in [1.54, 1.807) is 19.1 Å². The molecule has 0 unspecified atom stereocenters. The molecule has 0 fully saturated rings. The van der Waals surface area contributed by atoms with Gasteiger partial charge < -0.3 is 14.7 Å². The Morgan fingerprint density at radius 1 is 1.05 bits per heavy atom. The summed E-state index contributed by atoms with van der Waals surface area (Å²) in [6.07, 6.45) is -1.40. The molecule has 6 heteroatoms. The van der Waals surface area contributed by atoms with Crippen LogP contribution >= 0.6 is 0 Å². The Morgan fingerprint density at radius 2 is 1.68 bits per heavy atom. The van der Waals surface area contributed by atoms with Crippen LogP contribution in [0.1, 0.15) is 28.9 Å². The van der Waals surface area contributed by atoms with Gasteiger partial charge in [-0.25, -0.2) is 9.59 Å². The molecule has 0 aliphatic carbocycles. The van der Waals surface area contributed by atoms with Crippen LogP contribution < -0.4 is 5.48 Å². The summed E-state index contributed by atoms with van der Waals surface area (Å²) in [6.45, 7) is 1.69. The normalized spacial score (nSPS) is 11.3. The molecule has 114 valence electrons. The van der Waals surface area contributed by atoms with Crippen molar-refractivity contribution in [2.75, 3.05) is 0 Å². The van der Waals surface area contributed by atoms with E-state index in [1.165, 1.54) is 12.1 Å². The van der Waals surface area contributed by atoms with Crippen molar-refractivity contribution >= 4 is 12.1 Å². The van der Waals surface area contributed by atoms with Crippen LogP contribution in [-0.2, 0) is 9.57 Å². The number of amides is 1. The van der Waals surface area contributed by atoms with Crippen LogP contribution in [0, 0.1) is 0 Å². The molecule has 2 N–H and O–H groups in total. The van der Waals surface area contributed by atoms with Crippen molar-refractivity contribution in [3.8, 4) is 5.75 Å².